The molecule has 1 aliphatic heterocycles. The van der Waals surface area contributed by atoms with E-state index < -0.39 is 11.9 Å². The number of rotatable bonds is 9. The van der Waals surface area contributed by atoms with Crippen molar-refractivity contribution in [1.82, 2.24) is 4.90 Å². The normalized spacial score (nSPS) is 14.3. The molecule has 0 radical (unpaired) electrons. The molecule has 0 aliphatic carbocycles. The fraction of sp³-hybridized carbons (Fsp3) is 0.258. The molecule has 39 heavy (non-hydrogen) atoms. The van der Waals surface area contributed by atoms with Gasteiger partial charge < -0.3 is 14.2 Å². The van der Waals surface area contributed by atoms with E-state index in [4.69, 9.17) is 14.2 Å². The van der Waals surface area contributed by atoms with Crippen LogP contribution in [-0.2, 0) is 4.79 Å². The largest absolute Gasteiger partial charge is 0.493 e. The Morgan fingerprint density at radius 3 is 2.38 bits per heavy atom. The molecule has 1 fully saturated rings. The van der Waals surface area contributed by atoms with Gasteiger partial charge in [-0.2, -0.15) is 0 Å². The monoisotopic (exact) mass is 545 g/mol. The first-order valence-electron chi connectivity index (χ1n) is 12.6. The Labute approximate surface area is 232 Å². The highest BCUT2D eigenvalue weighted by Crippen LogP contribution is 2.38. The van der Waals surface area contributed by atoms with Crippen LogP contribution in [0, 0.1) is 13.8 Å². The molecule has 1 aliphatic rings. The SMILES string of the molecule is COc1cccc(/C=C2\SC(=O)N(CCOc3cc(C)ccc3C(C)C)C2=O)c1OC(=O)c1ccc(C)cc1. The molecule has 1 heterocycles. The first-order chi connectivity index (χ1) is 18.7. The quantitative estimate of drug-likeness (QED) is 0.167. The molecule has 0 saturated carbocycles. The molecule has 202 valence electrons. The lowest BCUT2D eigenvalue weighted by Gasteiger charge is -2.17. The Morgan fingerprint density at radius 1 is 0.974 bits per heavy atom. The average Bonchev–Trinajstić information content (AvgIpc) is 3.17. The van der Waals surface area contributed by atoms with E-state index in [1.54, 1.807) is 36.4 Å². The van der Waals surface area contributed by atoms with E-state index in [-0.39, 0.29) is 35.0 Å². The average molecular weight is 546 g/mol. The first kappa shape index (κ1) is 28.0. The number of aryl methyl sites for hydroxylation is 2. The number of thioether (sulfide) groups is 1. The Hall–Kier alpha value is -4.04. The van der Waals surface area contributed by atoms with Crippen LogP contribution in [0.3, 0.4) is 0 Å². The summed E-state index contributed by atoms with van der Waals surface area (Å²) >= 11 is 0.834. The third-order valence-electron chi connectivity index (χ3n) is 6.24. The lowest BCUT2D eigenvalue weighted by atomic mass is 10.0. The molecule has 0 atom stereocenters. The molecule has 1 saturated heterocycles. The van der Waals surface area contributed by atoms with Crippen LogP contribution >= 0.6 is 11.8 Å². The Balaban J connectivity index is 1.51. The van der Waals surface area contributed by atoms with Crippen molar-refractivity contribution in [3.63, 3.8) is 0 Å². The maximum atomic E-state index is 13.2. The molecule has 2 amide bonds. The van der Waals surface area contributed by atoms with E-state index >= 15 is 0 Å². The summed E-state index contributed by atoms with van der Waals surface area (Å²) in [5.74, 6) is 0.538. The van der Waals surface area contributed by atoms with Crippen LogP contribution in [0.5, 0.6) is 17.2 Å². The maximum absolute atomic E-state index is 13.2. The molecular weight excluding hydrogens is 514 g/mol. The van der Waals surface area contributed by atoms with Crippen molar-refractivity contribution < 1.29 is 28.6 Å². The van der Waals surface area contributed by atoms with Gasteiger partial charge in [-0.05, 0) is 73.0 Å². The number of para-hydroxylation sites is 1. The zero-order chi connectivity index (χ0) is 28.1. The van der Waals surface area contributed by atoms with Crippen molar-refractivity contribution in [3.8, 4) is 17.2 Å². The van der Waals surface area contributed by atoms with Crippen molar-refractivity contribution in [1.29, 1.82) is 0 Å². The summed E-state index contributed by atoms with van der Waals surface area (Å²) in [5.41, 5.74) is 3.98. The van der Waals surface area contributed by atoms with Gasteiger partial charge in [-0.15, -0.1) is 0 Å². The molecule has 3 aromatic carbocycles. The summed E-state index contributed by atoms with van der Waals surface area (Å²) in [4.78, 5) is 40.1. The standard InChI is InChI=1S/C31H31NO6S/c1-19(2)24-14-11-21(4)17-26(24)37-16-15-32-29(33)27(39-31(32)35)18-23-7-6-8-25(36-5)28(23)38-30(34)22-12-9-20(3)10-13-22/h6-14,17-19H,15-16H2,1-5H3/b27-18-. The number of amides is 2. The van der Waals surface area contributed by atoms with Gasteiger partial charge in [0.15, 0.2) is 11.5 Å². The van der Waals surface area contributed by atoms with E-state index in [0.717, 1.165) is 34.2 Å². The minimum Gasteiger partial charge on any atom is -0.493 e. The molecule has 7 nitrogen and oxygen atoms in total. The van der Waals surface area contributed by atoms with E-state index in [1.807, 2.05) is 44.2 Å². The third-order valence-corrected chi connectivity index (χ3v) is 7.14. The van der Waals surface area contributed by atoms with Crippen LogP contribution in [-0.4, -0.2) is 42.3 Å². The Morgan fingerprint density at radius 2 is 1.69 bits per heavy atom. The first-order valence-corrected chi connectivity index (χ1v) is 13.4. The Bertz CT molecular complexity index is 1430. The zero-order valence-corrected chi connectivity index (χ0v) is 23.5. The molecule has 4 rings (SSSR count). The number of hydrogen-bond donors (Lipinski definition) is 0. The molecule has 0 unspecified atom stereocenters. The number of carbonyl (C=O) groups excluding carboxylic acids is 3. The minimum atomic E-state index is -0.559. The van der Waals surface area contributed by atoms with Gasteiger partial charge in [0, 0.05) is 5.56 Å². The van der Waals surface area contributed by atoms with Crippen LogP contribution in [0.2, 0.25) is 0 Å². The smallest absolute Gasteiger partial charge is 0.343 e. The highest BCUT2D eigenvalue weighted by Gasteiger charge is 2.35. The summed E-state index contributed by atoms with van der Waals surface area (Å²) in [6.07, 6.45) is 1.55. The molecule has 0 spiro atoms. The number of nitrogens with zero attached hydrogens (tertiary/aromatic N) is 1. The van der Waals surface area contributed by atoms with Gasteiger partial charge >= 0.3 is 5.97 Å². The van der Waals surface area contributed by atoms with E-state index in [1.165, 1.54) is 12.0 Å². The van der Waals surface area contributed by atoms with E-state index in [2.05, 4.69) is 13.8 Å². The van der Waals surface area contributed by atoms with Crippen molar-refractivity contribution in [2.24, 2.45) is 0 Å². The number of ether oxygens (including phenoxy) is 3. The third kappa shape index (κ3) is 6.52. The molecule has 3 aromatic rings. The number of benzene rings is 3. The van der Waals surface area contributed by atoms with Gasteiger partial charge in [-0.3, -0.25) is 14.5 Å². The van der Waals surface area contributed by atoms with Crippen LogP contribution in [0.25, 0.3) is 6.08 Å². The lowest BCUT2D eigenvalue weighted by molar-refractivity contribution is -0.123. The number of esters is 1. The molecule has 0 aromatic heterocycles. The highest BCUT2D eigenvalue weighted by molar-refractivity contribution is 8.18. The summed E-state index contributed by atoms with van der Waals surface area (Å²) in [6, 6.07) is 18.1. The number of methoxy groups -OCH3 is 1. The zero-order valence-electron chi connectivity index (χ0n) is 22.6. The van der Waals surface area contributed by atoms with Crippen molar-refractivity contribution in [2.45, 2.75) is 33.6 Å². The summed E-state index contributed by atoms with van der Waals surface area (Å²) in [7, 11) is 1.47. The maximum Gasteiger partial charge on any atom is 0.343 e. The number of imide groups is 1. The summed E-state index contributed by atoms with van der Waals surface area (Å²) in [6.45, 7) is 8.38. The molecule has 8 heteroatoms. The van der Waals surface area contributed by atoms with Gasteiger partial charge in [-0.1, -0.05) is 55.8 Å². The van der Waals surface area contributed by atoms with Gasteiger partial charge in [0.1, 0.15) is 12.4 Å². The number of carbonyl (C=O) groups is 3. The predicted molar refractivity (Wildman–Crippen MR) is 153 cm³/mol. The van der Waals surface area contributed by atoms with Gasteiger partial charge in [-0.25, -0.2) is 4.79 Å². The fourth-order valence-electron chi connectivity index (χ4n) is 4.08. The van der Waals surface area contributed by atoms with Gasteiger partial charge in [0.25, 0.3) is 11.1 Å². The van der Waals surface area contributed by atoms with Crippen LogP contribution in [0.15, 0.2) is 65.6 Å². The van der Waals surface area contributed by atoms with Gasteiger partial charge in [0.2, 0.25) is 0 Å². The number of hydrogen-bond acceptors (Lipinski definition) is 7. The van der Waals surface area contributed by atoms with Crippen molar-refractivity contribution >= 4 is 35.0 Å². The second-order valence-corrected chi connectivity index (χ2v) is 10.5. The molecular formula is C31H31NO6S. The van der Waals surface area contributed by atoms with Crippen molar-refractivity contribution in [3.05, 3.63) is 93.4 Å². The predicted octanol–water partition coefficient (Wildman–Crippen LogP) is 6.77. The van der Waals surface area contributed by atoms with Gasteiger partial charge in [0.05, 0.1) is 24.1 Å². The topological polar surface area (TPSA) is 82.1 Å². The van der Waals surface area contributed by atoms with E-state index in [9.17, 15) is 14.4 Å². The van der Waals surface area contributed by atoms with Crippen LogP contribution < -0.4 is 14.2 Å². The lowest BCUT2D eigenvalue weighted by Crippen LogP contribution is -2.32. The Kier molecular flexibility index (Phi) is 8.76. The summed E-state index contributed by atoms with van der Waals surface area (Å²) in [5, 5.41) is -0.385. The van der Waals surface area contributed by atoms with Crippen LogP contribution in [0.4, 0.5) is 4.79 Å². The minimum absolute atomic E-state index is 0.112. The molecule has 0 bridgehead atoms. The molecule has 0 N–H and O–H groups in total. The van der Waals surface area contributed by atoms with Crippen LogP contribution in [0.1, 0.15) is 52.4 Å². The van der Waals surface area contributed by atoms with E-state index in [0.29, 0.717) is 16.9 Å². The highest BCUT2D eigenvalue weighted by atomic mass is 32.2. The van der Waals surface area contributed by atoms with Crippen molar-refractivity contribution in [2.75, 3.05) is 20.3 Å². The second-order valence-electron chi connectivity index (χ2n) is 9.51. The summed E-state index contributed by atoms with van der Waals surface area (Å²) < 4.78 is 17.1. The fourth-order valence-corrected chi connectivity index (χ4v) is 4.94. The second kappa shape index (κ2) is 12.2.